The fraction of sp³-hybridized carbons (Fsp3) is 0.275. The molecule has 2 fully saturated rings. The molecule has 376 valence electrons. The average Bonchev–Trinajstić information content (AvgIpc) is 3.40. The van der Waals surface area contributed by atoms with E-state index in [-0.39, 0.29) is 27.8 Å². The predicted octanol–water partition coefficient (Wildman–Crippen LogP) is 7.13. The third-order valence-electron chi connectivity index (χ3n) is 11.0. The molecule has 0 amide bonds. The van der Waals surface area contributed by atoms with E-state index in [4.69, 9.17) is 92.3 Å². The summed E-state index contributed by atoms with van der Waals surface area (Å²) in [5.41, 5.74) is 0.139. The molecular formula is C51H44Cl3NO17. The first kappa shape index (κ1) is 52.9. The zero-order valence-electron chi connectivity index (χ0n) is 38.0. The van der Waals surface area contributed by atoms with Crippen molar-refractivity contribution in [3.8, 4) is 0 Å². The smallest absolute Gasteiger partial charge is 0.338 e. The number of methoxy groups -OCH3 is 2. The van der Waals surface area contributed by atoms with Gasteiger partial charge < -0.3 is 52.1 Å². The normalized spacial score (nSPS) is 23.8. The molecule has 0 unspecified atom stereocenters. The molecule has 72 heavy (non-hydrogen) atoms. The molecule has 21 heteroatoms. The number of halogens is 3. The van der Waals surface area contributed by atoms with E-state index in [1.807, 2.05) is 0 Å². The number of alkyl halides is 3. The standard InChI is InChI=1S/C51H44Cl3NO17/c1-62-36-38(68-44(58)31-22-12-5-13-23-31)40(69-45(59)32-24-14-6-15-25-32)48(71-39(36)47(61)63-2)64-28-34-35(66-42(56)29-18-8-3-9-19-29)37(67-43(57)30-20-10-4-11-21-30)41(49(65-34)72-50(55)51(52,53)54)70-46(60)33-26-16-7-17-27-33/h3-27,34-41,48-49,55H,28H2,1-2H3/t34-,35+,36+,37+,38+,39+,40-,41-,48-,49-/m1/s1. The van der Waals surface area contributed by atoms with Crippen molar-refractivity contribution in [2.24, 2.45) is 0 Å². The Labute approximate surface area is 426 Å². The van der Waals surface area contributed by atoms with Crippen molar-refractivity contribution in [1.29, 1.82) is 5.41 Å². The van der Waals surface area contributed by atoms with E-state index in [0.29, 0.717) is 0 Å². The molecule has 0 spiro atoms. The van der Waals surface area contributed by atoms with Crippen molar-refractivity contribution in [3.63, 3.8) is 0 Å². The van der Waals surface area contributed by atoms with Gasteiger partial charge in [0, 0.05) is 7.11 Å². The second kappa shape index (κ2) is 24.5. The quantitative estimate of drug-likeness (QED) is 0.0341. The van der Waals surface area contributed by atoms with Gasteiger partial charge in [0.25, 0.3) is 3.79 Å². The summed E-state index contributed by atoms with van der Waals surface area (Å²) in [6, 6.07) is 38.3. The number of nitrogens with one attached hydrogen (secondary N) is 1. The number of ether oxygens (including phenoxy) is 11. The van der Waals surface area contributed by atoms with E-state index < -0.39 is 114 Å². The minimum Gasteiger partial charge on any atom is -0.467 e. The van der Waals surface area contributed by atoms with E-state index in [1.54, 1.807) is 91.0 Å². The third kappa shape index (κ3) is 13.1. The highest BCUT2D eigenvalue weighted by Crippen LogP contribution is 2.37. The molecule has 0 radical (unpaired) electrons. The molecule has 2 aliphatic heterocycles. The van der Waals surface area contributed by atoms with Gasteiger partial charge in [-0.15, -0.1) is 0 Å². The van der Waals surface area contributed by atoms with Gasteiger partial charge in [0.1, 0.15) is 12.2 Å². The van der Waals surface area contributed by atoms with Crippen molar-refractivity contribution in [1.82, 2.24) is 0 Å². The first-order valence-electron chi connectivity index (χ1n) is 21.8. The van der Waals surface area contributed by atoms with E-state index in [0.717, 1.165) is 7.11 Å². The van der Waals surface area contributed by atoms with Crippen molar-refractivity contribution >= 4 is 76.5 Å². The number of carbonyl (C=O) groups excluding carboxylic acids is 6. The SMILES string of the molecule is COC(=O)[C@H]1O[C@@H](OC[C@H]2O[C@H](OC(=N)C(Cl)(Cl)Cl)[C@H](OC(=O)c3ccccc3)[C@@H](OC(=O)c3ccccc3)[C@H]2OC(=O)c2ccccc2)[C@H](OC(=O)c2ccccc2)[C@@H](OC(=O)c2ccccc2)[C@@H]1OC. The van der Waals surface area contributed by atoms with Crippen LogP contribution in [0.5, 0.6) is 0 Å². The third-order valence-corrected chi connectivity index (χ3v) is 11.5. The lowest BCUT2D eigenvalue weighted by Gasteiger charge is -2.46. The molecule has 18 nitrogen and oxygen atoms in total. The molecule has 0 bridgehead atoms. The first-order chi connectivity index (χ1) is 34.7. The van der Waals surface area contributed by atoms with E-state index in [1.165, 1.54) is 67.8 Å². The van der Waals surface area contributed by atoms with Gasteiger partial charge in [-0.1, -0.05) is 126 Å². The van der Waals surface area contributed by atoms with Crippen LogP contribution in [0, 0.1) is 5.41 Å². The highest BCUT2D eigenvalue weighted by atomic mass is 35.6. The lowest BCUT2D eigenvalue weighted by Crippen LogP contribution is -2.65. The molecule has 5 aromatic carbocycles. The number of hydrogen-bond donors (Lipinski definition) is 1. The molecule has 2 saturated heterocycles. The van der Waals surface area contributed by atoms with Crippen molar-refractivity contribution < 1.29 is 80.9 Å². The minimum atomic E-state index is -2.55. The van der Waals surface area contributed by atoms with E-state index >= 15 is 0 Å². The van der Waals surface area contributed by atoms with Crippen molar-refractivity contribution in [3.05, 3.63) is 179 Å². The topological polar surface area (TPSA) is 228 Å². The summed E-state index contributed by atoms with van der Waals surface area (Å²) >= 11 is 18.2. The van der Waals surface area contributed by atoms with Crippen LogP contribution in [-0.2, 0) is 56.9 Å². The Morgan fingerprint density at radius 2 is 0.792 bits per heavy atom. The summed E-state index contributed by atoms with van der Waals surface area (Å²) < 4.78 is 63.0. The van der Waals surface area contributed by atoms with E-state index in [2.05, 4.69) is 0 Å². The maximum absolute atomic E-state index is 14.1. The molecule has 2 aliphatic rings. The van der Waals surface area contributed by atoms with Crippen LogP contribution in [0.4, 0.5) is 0 Å². The molecule has 0 aromatic heterocycles. The molecule has 1 N–H and O–H groups in total. The zero-order chi connectivity index (χ0) is 51.4. The number of carbonyl (C=O) groups is 6. The van der Waals surface area contributed by atoms with Gasteiger partial charge in [0.05, 0.1) is 41.5 Å². The largest absolute Gasteiger partial charge is 0.467 e. The second-order valence-electron chi connectivity index (χ2n) is 15.6. The monoisotopic (exact) mass is 1050 g/mol. The summed E-state index contributed by atoms with van der Waals surface area (Å²) in [6.07, 6.45) is -18.0. The summed E-state index contributed by atoms with van der Waals surface area (Å²) in [5.74, 6) is -6.99. The van der Waals surface area contributed by atoms with Gasteiger partial charge in [0.2, 0.25) is 18.3 Å². The van der Waals surface area contributed by atoms with Gasteiger partial charge in [-0.05, 0) is 60.7 Å². The number of benzene rings is 5. The van der Waals surface area contributed by atoms with Gasteiger partial charge in [-0.3, -0.25) is 5.41 Å². The predicted molar refractivity (Wildman–Crippen MR) is 253 cm³/mol. The molecule has 0 saturated carbocycles. The maximum atomic E-state index is 14.1. The van der Waals surface area contributed by atoms with Crippen LogP contribution in [0.3, 0.4) is 0 Å². The van der Waals surface area contributed by atoms with Crippen LogP contribution in [0.15, 0.2) is 152 Å². The lowest BCUT2D eigenvalue weighted by molar-refractivity contribution is -0.319. The molecular weight excluding hydrogens is 1000 g/mol. The van der Waals surface area contributed by atoms with Crippen LogP contribution in [0.25, 0.3) is 0 Å². The summed E-state index contributed by atoms with van der Waals surface area (Å²) in [5, 5.41) is 8.55. The Morgan fingerprint density at radius 3 is 1.14 bits per heavy atom. The minimum absolute atomic E-state index is 0.000821. The lowest BCUT2D eigenvalue weighted by atomic mass is 9.96. The Balaban J connectivity index is 1.33. The van der Waals surface area contributed by atoms with Crippen molar-refractivity contribution in [2.45, 2.75) is 65.2 Å². The number of rotatable bonds is 16. The number of hydrogen-bond acceptors (Lipinski definition) is 18. The fourth-order valence-electron chi connectivity index (χ4n) is 7.48. The Kier molecular flexibility index (Phi) is 18.0. The zero-order valence-corrected chi connectivity index (χ0v) is 40.3. The first-order valence-corrected chi connectivity index (χ1v) is 23.0. The molecule has 7 rings (SSSR count). The second-order valence-corrected chi connectivity index (χ2v) is 17.9. The molecule has 2 heterocycles. The van der Waals surface area contributed by atoms with Gasteiger partial charge in [0.15, 0.2) is 36.8 Å². The Morgan fingerprint density at radius 1 is 0.458 bits per heavy atom. The van der Waals surface area contributed by atoms with Gasteiger partial charge >= 0.3 is 35.8 Å². The number of esters is 6. The van der Waals surface area contributed by atoms with E-state index in [9.17, 15) is 28.8 Å². The fourth-order valence-corrected chi connectivity index (χ4v) is 7.61. The summed E-state index contributed by atoms with van der Waals surface area (Å²) in [6.45, 7) is -0.846. The average molecular weight is 1050 g/mol. The van der Waals surface area contributed by atoms with Gasteiger partial charge in [-0.2, -0.15) is 0 Å². The van der Waals surface area contributed by atoms with Gasteiger partial charge in [-0.25, -0.2) is 28.8 Å². The summed E-state index contributed by atoms with van der Waals surface area (Å²) in [7, 11) is 2.26. The van der Waals surface area contributed by atoms with Crippen LogP contribution >= 0.6 is 34.8 Å². The Bertz CT molecular complexity index is 2660. The molecule has 5 aromatic rings. The van der Waals surface area contributed by atoms with Crippen LogP contribution in [0.2, 0.25) is 0 Å². The van der Waals surface area contributed by atoms with Crippen LogP contribution in [0.1, 0.15) is 51.8 Å². The van der Waals surface area contributed by atoms with Crippen LogP contribution in [-0.4, -0.2) is 128 Å². The highest BCUT2D eigenvalue weighted by Gasteiger charge is 2.58. The van der Waals surface area contributed by atoms with Crippen molar-refractivity contribution in [2.75, 3.05) is 20.8 Å². The Hall–Kier alpha value is -6.90. The molecule has 10 atom stereocenters. The summed E-state index contributed by atoms with van der Waals surface area (Å²) in [4.78, 5) is 83.3. The molecule has 0 aliphatic carbocycles. The highest BCUT2D eigenvalue weighted by molar-refractivity contribution is 6.76. The van der Waals surface area contributed by atoms with Crippen LogP contribution < -0.4 is 0 Å². The maximum Gasteiger partial charge on any atom is 0.338 e.